The molecule has 0 amide bonds. The molecule has 2 aromatic carbocycles. The minimum atomic E-state index is 0.0289. The molecule has 0 aliphatic carbocycles. The van der Waals surface area contributed by atoms with Gasteiger partial charge >= 0.3 is 0 Å². The normalized spacial score (nSPS) is 11.9. The average molecular weight is 370 g/mol. The Kier molecular flexibility index (Phi) is 5.45. The Bertz CT molecular complexity index is 910. The van der Waals surface area contributed by atoms with Crippen LogP contribution in [0, 0.1) is 11.3 Å². The van der Waals surface area contributed by atoms with Crippen molar-refractivity contribution in [1.82, 2.24) is 9.88 Å². The molecule has 0 aliphatic rings. The molecule has 1 heterocycles. The van der Waals surface area contributed by atoms with E-state index in [1.807, 2.05) is 54.3 Å². The fraction of sp³-hybridized carbons (Fsp3) is 0.150. The molecule has 0 radical (unpaired) electrons. The molecule has 1 atom stereocenters. The maximum atomic E-state index is 9.54. The van der Waals surface area contributed by atoms with Crippen LogP contribution < -0.4 is 5.32 Å². The number of likely N-dealkylation sites (N-methyl/N-ethyl adjacent to an activating group) is 1. The van der Waals surface area contributed by atoms with Gasteiger partial charge < -0.3 is 4.57 Å². The van der Waals surface area contributed by atoms with Crippen molar-refractivity contribution in [2.24, 2.45) is 0 Å². The molecule has 3 rings (SSSR count). The van der Waals surface area contributed by atoms with Crippen molar-refractivity contribution >= 4 is 23.2 Å². The monoisotopic (exact) mass is 369 g/mol. The van der Waals surface area contributed by atoms with E-state index in [4.69, 9.17) is 23.2 Å². The lowest BCUT2D eigenvalue weighted by Gasteiger charge is -2.18. The summed E-state index contributed by atoms with van der Waals surface area (Å²) in [6.07, 6.45) is 4.62. The number of halogens is 2. The summed E-state index contributed by atoms with van der Waals surface area (Å²) in [4.78, 5) is 0. The summed E-state index contributed by atoms with van der Waals surface area (Å²) < 4.78 is 2.01. The van der Waals surface area contributed by atoms with Gasteiger partial charge in [-0.2, -0.15) is 5.26 Å². The summed E-state index contributed by atoms with van der Waals surface area (Å²) in [5, 5.41) is 13.8. The summed E-state index contributed by atoms with van der Waals surface area (Å²) in [6, 6.07) is 17.9. The van der Waals surface area contributed by atoms with Gasteiger partial charge in [-0.25, -0.2) is 0 Å². The summed E-state index contributed by atoms with van der Waals surface area (Å²) in [5.74, 6) is 0. The number of nitriles is 1. The van der Waals surface area contributed by atoms with E-state index >= 15 is 0 Å². The maximum absolute atomic E-state index is 9.54. The van der Waals surface area contributed by atoms with E-state index in [9.17, 15) is 5.26 Å². The third-order valence-electron chi connectivity index (χ3n) is 4.17. The molecule has 0 bridgehead atoms. The van der Waals surface area contributed by atoms with Crippen molar-refractivity contribution in [3.05, 3.63) is 82.1 Å². The zero-order valence-corrected chi connectivity index (χ0v) is 15.2. The third-order valence-corrected chi connectivity index (χ3v) is 4.99. The predicted molar refractivity (Wildman–Crippen MR) is 103 cm³/mol. The summed E-state index contributed by atoms with van der Waals surface area (Å²) in [6.45, 7) is 0. The molecule has 1 unspecified atom stereocenters. The lowest BCUT2D eigenvalue weighted by atomic mass is 10.1. The van der Waals surface area contributed by atoms with Crippen molar-refractivity contribution in [1.29, 1.82) is 5.26 Å². The van der Waals surface area contributed by atoms with Crippen molar-refractivity contribution in [2.75, 3.05) is 7.05 Å². The van der Waals surface area contributed by atoms with Crippen LogP contribution in [0.3, 0.4) is 0 Å². The Balaban J connectivity index is 1.99. The molecule has 0 fully saturated rings. The SMILES string of the molecule is CNC(Cc1ccccc1)n1cc(C#N)c(-c2cccc(Cl)c2Cl)c1. The van der Waals surface area contributed by atoms with Crippen molar-refractivity contribution in [3.8, 4) is 17.2 Å². The van der Waals surface area contributed by atoms with Gasteiger partial charge in [-0.3, -0.25) is 5.32 Å². The second kappa shape index (κ2) is 7.76. The smallest absolute Gasteiger partial charge is 0.101 e. The molecular formula is C20H17Cl2N3. The van der Waals surface area contributed by atoms with Gasteiger partial charge in [-0.15, -0.1) is 0 Å². The van der Waals surface area contributed by atoms with E-state index in [1.54, 1.807) is 6.07 Å². The van der Waals surface area contributed by atoms with Gasteiger partial charge in [0.2, 0.25) is 0 Å². The fourth-order valence-electron chi connectivity index (χ4n) is 2.86. The first kappa shape index (κ1) is 17.6. The van der Waals surface area contributed by atoms with Gasteiger partial charge in [0.05, 0.1) is 21.8 Å². The second-order valence-electron chi connectivity index (χ2n) is 5.74. The summed E-state index contributed by atoms with van der Waals surface area (Å²) in [7, 11) is 1.91. The van der Waals surface area contributed by atoms with Gasteiger partial charge in [0.25, 0.3) is 0 Å². The molecule has 1 N–H and O–H groups in total. The molecule has 25 heavy (non-hydrogen) atoms. The summed E-state index contributed by atoms with van der Waals surface area (Å²) >= 11 is 12.5. The lowest BCUT2D eigenvalue weighted by Crippen LogP contribution is -2.24. The van der Waals surface area contributed by atoms with Crippen LogP contribution in [-0.4, -0.2) is 11.6 Å². The van der Waals surface area contributed by atoms with Crippen LogP contribution in [0.2, 0.25) is 10.0 Å². The number of rotatable bonds is 5. The predicted octanol–water partition coefficient (Wildman–Crippen LogP) is 5.29. The number of nitrogens with zero attached hydrogens (tertiary/aromatic N) is 2. The topological polar surface area (TPSA) is 40.8 Å². The first-order chi connectivity index (χ1) is 12.1. The molecule has 0 aliphatic heterocycles. The van der Waals surface area contributed by atoms with Crippen molar-refractivity contribution in [2.45, 2.75) is 12.6 Å². The molecular weight excluding hydrogens is 353 g/mol. The molecule has 1 aromatic heterocycles. The van der Waals surface area contributed by atoms with Gasteiger partial charge in [-0.05, 0) is 18.7 Å². The first-order valence-electron chi connectivity index (χ1n) is 7.91. The zero-order valence-electron chi connectivity index (χ0n) is 13.7. The number of hydrogen-bond donors (Lipinski definition) is 1. The highest BCUT2D eigenvalue weighted by molar-refractivity contribution is 6.43. The molecule has 0 saturated heterocycles. The van der Waals surface area contributed by atoms with E-state index < -0.39 is 0 Å². The lowest BCUT2D eigenvalue weighted by molar-refractivity contribution is 0.436. The van der Waals surface area contributed by atoms with E-state index in [2.05, 4.69) is 23.5 Å². The van der Waals surface area contributed by atoms with Crippen LogP contribution in [0.5, 0.6) is 0 Å². The molecule has 5 heteroatoms. The Labute approximate surface area is 157 Å². The molecule has 0 spiro atoms. The Morgan fingerprint density at radius 3 is 2.48 bits per heavy atom. The number of benzene rings is 2. The van der Waals surface area contributed by atoms with Gasteiger partial charge in [0.1, 0.15) is 6.07 Å². The number of hydrogen-bond acceptors (Lipinski definition) is 2. The highest BCUT2D eigenvalue weighted by Crippen LogP contribution is 2.36. The van der Waals surface area contributed by atoms with Crippen molar-refractivity contribution in [3.63, 3.8) is 0 Å². The van der Waals surface area contributed by atoms with Gasteiger partial charge in [0.15, 0.2) is 0 Å². The largest absolute Gasteiger partial charge is 0.336 e. The number of nitrogens with one attached hydrogen (secondary N) is 1. The maximum Gasteiger partial charge on any atom is 0.101 e. The first-order valence-corrected chi connectivity index (χ1v) is 8.66. The molecule has 0 saturated carbocycles. The van der Waals surface area contributed by atoms with E-state index in [1.165, 1.54) is 5.56 Å². The van der Waals surface area contributed by atoms with Crippen LogP contribution in [0.25, 0.3) is 11.1 Å². The molecule has 126 valence electrons. The summed E-state index contributed by atoms with van der Waals surface area (Å²) in [5.41, 5.74) is 3.33. The number of aromatic nitrogens is 1. The van der Waals surface area contributed by atoms with Crippen LogP contribution in [0.4, 0.5) is 0 Å². The quantitative estimate of drug-likeness (QED) is 0.663. The standard InChI is InChI=1S/C20H17Cl2N3/c1-24-19(10-14-6-3-2-4-7-14)25-12-15(11-23)17(13-25)16-8-5-9-18(21)20(16)22/h2-9,12-13,19,24H,10H2,1H3. The highest BCUT2D eigenvalue weighted by atomic mass is 35.5. The van der Waals surface area contributed by atoms with Crippen molar-refractivity contribution < 1.29 is 0 Å². The van der Waals surface area contributed by atoms with Gasteiger partial charge in [-0.1, -0.05) is 65.7 Å². The fourth-order valence-corrected chi connectivity index (χ4v) is 3.27. The second-order valence-corrected chi connectivity index (χ2v) is 6.53. The van der Waals surface area contributed by atoms with E-state index in [-0.39, 0.29) is 6.17 Å². The molecule has 3 aromatic rings. The van der Waals surface area contributed by atoms with Gasteiger partial charge in [0, 0.05) is 29.9 Å². The van der Waals surface area contributed by atoms with Crippen LogP contribution in [0.1, 0.15) is 17.3 Å². The van der Waals surface area contributed by atoms with Crippen LogP contribution >= 0.6 is 23.2 Å². The Morgan fingerprint density at radius 2 is 1.80 bits per heavy atom. The minimum absolute atomic E-state index is 0.0289. The van der Waals surface area contributed by atoms with E-state index in [0.717, 1.165) is 17.5 Å². The average Bonchev–Trinajstić information content (AvgIpc) is 3.07. The van der Waals surface area contributed by atoms with Crippen LogP contribution in [-0.2, 0) is 6.42 Å². The molecule has 3 nitrogen and oxygen atoms in total. The van der Waals surface area contributed by atoms with E-state index in [0.29, 0.717) is 15.6 Å². The third kappa shape index (κ3) is 3.72. The Morgan fingerprint density at radius 1 is 1.04 bits per heavy atom. The highest BCUT2D eigenvalue weighted by Gasteiger charge is 2.17. The Hall–Kier alpha value is -2.25. The minimum Gasteiger partial charge on any atom is -0.336 e. The van der Waals surface area contributed by atoms with Crippen LogP contribution in [0.15, 0.2) is 60.9 Å². The zero-order chi connectivity index (χ0) is 17.8.